The molecule has 11 nitrogen and oxygen atoms in total. The number of amides is 2. The Hall–Kier alpha value is -3.48. The lowest BCUT2D eigenvalue weighted by molar-refractivity contribution is -0.136. The number of ether oxygens (including phenoxy) is 3. The number of phenols is 1. The fraction of sp³-hybridized carbons (Fsp3) is 0.292. The molecule has 0 aromatic heterocycles. The summed E-state index contributed by atoms with van der Waals surface area (Å²) in [7, 11) is 1.26. The maximum Gasteiger partial charge on any atom is 0.337 e. The van der Waals surface area contributed by atoms with Crippen LogP contribution >= 0.6 is 27.5 Å². The van der Waals surface area contributed by atoms with E-state index in [1.165, 1.54) is 13.3 Å². The molecule has 1 aliphatic rings. The minimum Gasteiger partial charge on any atom is -0.506 e. The fourth-order valence-corrected chi connectivity index (χ4v) is 4.33. The normalized spacial score (nSPS) is 16.2. The van der Waals surface area contributed by atoms with E-state index in [9.17, 15) is 19.8 Å². The number of allylic oxidation sites excluding steroid dienone is 1. The van der Waals surface area contributed by atoms with Gasteiger partial charge in [0.15, 0.2) is 17.7 Å². The quantitative estimate of drug-likeness (QED) is 0.121. The Bertz CT molecular complexity index is 1240. The van der Waals surface area contributed by atoms with Gasteiger partial charge in [0.1, 0.15) is 12.4 Å². The van der Waals surface area contributed by atoms with Gasteiger partial charge in [0, 0.05) is 15.7 Å². The second-order valence-electron chi connectivity index (χ2n) is 7.74. The number of aliphatic hydroxyl groups excluding tert-OH is 1. The molecule has 0 radical (unpaired) electrons. The lowest BCUT2D eigenvalue weighted by Crippen LogP contribution is -2.45. The molecular weight excluding hydrogens is 572 g/mol. The number of urea groups is 1. The number of aromatic hydroxyl groups is 1. The molecule has 2 atom stereocenters. The van der Waals surface area contributed by atoms with Crippen molar-refractivity contribution in [2.24, 2.45) is 5.10 Å². The van der Waals surface area contributed by atoms with Crippen LogP contribution in [0.15, 0.2) is 51.2 Å². The zero-order valence-electron chi connectivity index (χ0n) is 20.2. The highest BCUT2D eigenvalue weighted by molar-refractivity contribution is 9.10. The second kappa shape index (κ2) is 12.7. The molecule has 13 heteroatoms. The predicted octanol–water partition coefficient (Wildman–Crippen LogP) is 3.33. The van der Waals surface area contributed by atoms with Crippen molar-refractivity contribution >= 4 is 45.7 Å². The SMILES string of the molecule is CCOc1cc([C@@H]2NC(=O)NC(C)=C2C(=O)OC)ccc1OC[C@H](O)N/N=C/c1cc(Br)cc(Cl)c1O. The Balaban J connectivity index is 1.72. The van der Waals surface area contributed by atoms with E-state index in [1.54, 1.807) is 44.2 Å². The molecule has 0 unspecified atom stereocenters. The first-order chi connectivity index (χ1) is 17.6. The zero-order valence-corrected chi connectivity index (χ0v) is 22.5. The predicted molar refractivity (Wildman–Crippen MR) is 140 cm³/mol. The van der Waals surface area contributed by atoms with Crippen LogP contribution in [0.2, 0.25) is 5.02 Å². The number of hydrazone groups is 1. The highest BCUT2D eigenvalue weighted by Crippen LogP contribution is 2.35. The first-order valence-electron chi connectivity index (χ1n) is 11.0. The molecule has 0 saturated carbocycles. The number of nitrogens with one attached hydrogen (secondary N) is 3. The maximum absolute atomic E-state index is 12.4. The summed E-state index contributed by atoms with van der Waals surface area (Å²) in [6, 6.07) is 6.85. The largest absolute Gasteiger partial charge is 0.506 e. The molecule has 3 rings (SSSR count). The van der Waals surface area contributed by atoms with Gasteiger partial charge in [-0.3, -0.25) is 5.43 Å². The third kappa shape index (κ3) is 7.06. The standard InChI is InChI=1S/C24H26BrClN4O7/c1-4-36-18-8-13(21-20(23(33)35-3)12(2)28-24(34)29-21)5-6-17(18)37-11-19(31)30-27-10-14-7-15(25)9-16(26)22(14)32/h5-10,19,21,30-32H,4,11H2,1-3H3,(H2,28,29,34)/b27-10+/t19-,21-/m0/s1. The second-order valence-corrected chi connectivity index (χ2v) is 9.06. The van der Waals surface area contributed by atoms with Crippen LogP contribution < -0.4 is 25.5 Å². The van der Waals surface area contributed by atoms with Crippen molar-refractivity contribution in [3.8, 4) is 17.2 Å². The Labute approximate surface area is 226 Å². The van der Waals surface area contributed by atoms with E-state index in [0.29, 0.717) is 39.4 Å². The fourth-order valence-electron chi connectivity index (χ4n) is 3.50. The van der Waals surface area contributed by atoms with Crippen molar-refractivity contribution in [1.29, 1.82) is 0 Å². The molecule has 0 fully saturated rings. The molecule has 198 valence electrons. The molecule has 0 aliphatic carbocycles. The monoisotopic (exact) mass is 596 g/mol. The van der Waals surface area contributed by atoms with Crippen LogP contribution in [-0.4, -0.2) is 55.0 Å². The summed E-state index contributed by atoms with van der Waals surface area (Å²) in [5.74, 6) is -0.0547. The van der Waals surface area contributed by atoms with Crippen LogP contribution in [0, 0.1) is 0 Å². The van der Waals surface area contributed by atoms with Crippen molar-refractivity contribution in [2.75, 3.05) is 20.3 Å². The maximum atomic E-state index is 12.4. The highest BCUT2D eigenvalue weighted by atomic mass is 79.9. The number of aliphatic hydroxyl groups is 1. The van der Waals surface area contributed by atoms with Crippen molar-refractivity contribution in [3.05, 3.63) is 62.2 Å². The topological polar surface area (TPSA) is 151 Å². The van der Waals surface area contributed by atoms with Crippen LogP contribution in [0.5, 0.6) is 17.2 Å². The number of methoxy groups -OCH3 is 1. The molecule has 37 heavy (non-hydrogen) atoms. The molecule has 0 bridgehead atoms. The highest BCUT2D eigenvalue weighted by Gasteiger charge is 2.32. The zero-order chi connectivity index (χ0) is 27.1. The molecule has 1 heterocycles. The summed E-state index contributed by atoms with van der Waals surface area (Å²) in [6.07, 6.45) is 0.104. The number of rotatable bonds is 10. The minimum absolute atomic E-state index is 0.145. The Morgan fingerprint density at radius 1 is 1.30 bits per heavy atom. The molecule has 2 aromatic rings. The average molecular weight is 598 g/mol. The van der Waals surface area contributed by atoms with E-state index in [1.807, 2.05) is 0 Å². The van der Waals surface area contributed by atoms with E-state index in [0.717, 1.165) is 0 Å². The van der Waals surface area contributed by atoms with E-state index < -0.39 is 24.3 Å². The Kier molecular flexibility index (Phi) is 9.61. The number of hydrogen-bond donors (Lipinski definition) is 5. The average Bonchev–Trinajstić information content (AvgIpc) is 2.85. The minimum atomic E-state index is -1.20. The van der Waals surface area contributed by atoms with Gasteiger partial charge in [-0.15, -0.1) is 0 Å². The summed E-state index contributed by atoms with van der Waals surface area (Å²) in [6.45, 7) is 3.53. The number of halogens is 2. The number of carbonyl (C=O) groups excluding carboxylic acids is 2. The number of esters is 1. The van der Waals surface area contributed by atoms with Crippen LogP contribution in [0.4, 0.5) is 4.79 Å². The summed E-state index contributed by atoms with van der Waals surface area (Å²) >= 11 is 9.21. The van der Waals surface area contributed by atoms with E-state index in [4.69, 9.17) is 25.8 Å². The number of phenolic OH excluding ortho intramolecular Hbond substituents is 1. The van der Waals surface area contributed by atoms with Crippen molar-refractivity contribution < 1.29 is 34.0 Å². The van der Waals surface area contributed by atoms with Gasteiger partial charge in [-0.05, 0) is 43.7 Å². The lowest BCUT2D eigenvalue weighted by Gasteiger charge is -2.28. The van der Waals surface area contributed by atoms with Gasteiger partial charge in [-0.1, -0.05) is 33.6 Å². The van der Waals surface area contributed by atoms with Gasteiger partial charge < -0.3 is 35.1 Å². The van der Waals surface area contributed by atoms with Gasteiger partial charge in [0.2, 0.25) is 0 Å². The molecule has 5 N–H and O–H groups in total. The number of nitrogens with zero attached hydrogens (tertiary/aromatic N) is 1. The van der Waals surface area contributed by atoms with Crippen LogP contribution in [0.25, 0.3) is 0 Å². The van der Waals surface area contributed by atoms with Gasteiger partial charge >= 0.3 is 12.0 Å². The number of hydrogen-bond acceptors (Lipinski definition) is 9. The lowest BCUT2D eigenvalue weighted by atomic mass is 9.95. The molecule has 1 aliphatic heterocycles. The molecule has 0 spiro atoms. The van der Waals surface area contributed by atoms with Crippen molar-refractivity contribution in [2.45, 2.75) is 26.1 Å². The van der Waals surface area contributed by atoms with Gasteiger partial charge in [-0.2, -0.15) is 5.10 Å². The summed E-state index contributed by atoms with van der Waals surface area (Å²) < 4.78 is 16.9. The third-order valence-electron chi connectivity index (χ3n) is 5.16. The summed E-state index contributed by atoms with van der Waals surface area (Å²) in [5, 5.41) is 29.6. The van der Waals surface area contributed by atoms with Crippen LogP contribution in [-0.2, 0) is 9.53 Å². The smallest absolute Gasteiger partial charge is 0.337 e. The number of benzene rings is 2. The molecule has 2 amide bonds. The number of carbonyl (C=O) groups is 2. The first kappa shape index (κ1) is 28.1. The molecule has 0 saturated heterocycles. The van der Waals surface area contributed by atoms with Crippen molar-refractivity contribution in [3.63, 3.8) is 0 Å². The van der Waals surface area contributed by atoms with Gasteiger partial charge in [0.25, 0.3) is 0 Å². The van der Waals surface area contributed by atoms with Gasteiger partial charge in [-0.25, -0.2) is 9.59 Å². The summed E-state index contributed by atoms with van der Waals surface area (Å²) in [4.78, 5) is 24.4. The molecular formula is C24H26BrClN4O7. The summed E-state index contributed by atoms with van der Waals surface area (Å²) in [5.41, 5.74) is 4.05. The van der Waals surface area contributed by atoms with E-state index >= 15 is 0 Å². The van der Waals surface area contributed by atoms with E-state index in [-0.39, 0.29) is 23.0 Å². The third-order valence-corrected chi connectivity index (χ3v) is 5.90. The van der Waals surface area contributed by atoms with Crippen molar-refractivity contribution in [1.82, 2.24) is 16.1 Å². The van der Waals surface area contributed by atoms with Gasteiger partial charge in [0.05, 0.1) is 36.6 Å². The molecule has 2 aromatic carbocycles. The first-order valence-corrected chi connectivity index (χ1v) is 12.2. The Morgan fingerprint density at radius 2 is 2.05 bits per heavy atom. The van der Waals surface area contributed by atoms with Crippen LogP contribution in [0.3, 0.4) is 0 Å². The Morgan fingerprint density at radius 3 is 2.76 bits per heavy atom. The van der Waals surface area contributed by atoms with Crippen LogP contribution in [0.1, 0.15) is 31.0 Å². The van der Waals surface area contributed by atoms with E-state index in [2.05, 4.69) is 37.1 Å².